The van der Waals surface area contributed by atoms with Gasteiger partial charge >= 0.3 is 5.97 Å². The first kappa shape index (κ1) is 12.4. The summed E-state index contributed by atoms with van der Waals surface area (Å²) >= 11 is 0. The normalized spacial score (nSPS) is 33.9. The van der Waals surface area contributed by atoms with Crippen molar-refractivity contribution in [2.45, 2.75) is 31.3 Å². The van der Waals surface area contributed by atoms with Gasteiger partial charge in [-0.15, -0.1) is 0 Å². The Balaban J connectivity index is 1.98. The molecule has 1 N–H and O–H groups in total. The van der Waals surface area contributed by atoms with Crippen molar-refractivity contribution in [1.82, 2.24) is 0 Å². The van der Waals surface area contributed by atoms with E-state index in [1.165, 1.54) is 0 Å². The molecule has 2 aliphatic rings. The van der Waals surface area contributed by atoms with Crippen molar-refractivity contribution >= 4 is 11.8 Å². The summed E-state index contributed by atoms with van der Waals surface area (Å²) in [4.78, 5) is 23.7. The summed E-state index contributed by atoms with van der Waals surface area (Å²) in [5, 5.41) is 10.7. The molecule has 1 saturated carbocycles. The van der Waals surface area contributed by atoms with E-state index in [0.29, 0.717) is 19.3 Å². The Morgan fingerprint density at radius 3 is 2.68 bits per heavy atom. The third-order valence-electron chi connectivity index (χ3n) is 4.39. The molecule has 0 spiro atoms. The number of Topliss-reactive ketones (excluding diaryl/α,β-unsaturated/α-hetero) is 1. The molecule has 0 aromatic heterocycles. The van der Waals surface area contributed by atoms with Gasteiger partial charge in [0.2, 0.25) is 0 Å². The van der Waals surface area contributed by atoms with E-state index >= 15 is 0 Å². The van der Waals surface area contributed by atoms with Gasteiger partial charge in [-0.2, -0.15) is 0 Å². The molecule has 1 aliphatic heterocycles. The minimum atomic E-state index is -1.34. The van der Waals surface area contributed by atoms with Gasteiger partial charge in [0.05, 0.1) is 0 Å². The number of hydrogen-bond donors (Lipinski definition) is 1. The lowest BCUT2D eigenvalue weighted by atomic mass is 9.61. The number of cyclic esters (lactones) is 1. The van der Waals surface area contributed by atoms with Crippen LogP contribution in [-0.2, 0) is 20.7 Å². The zero-order chi connectivity index (χ0) is 13.5. The van der Waals surface area contributed by atoms with E-state index in [1.807, 2.05) is 30.3 Å². The van der Waals surface area contributed by atoms with Crippen LogP contribution in [0.3, 0.4) is 0 Å². The molecule has 2 atom stereocenters. The van der Waals surface area contributed by atoms with E-state index in [-0.39, 0.29) is 24.8 Å². The molecule has 1 aromatic carbocycles. The standard InChI is InChI=1S/C15H16O4/c16-12-6-7-14(8-11-4-2-1-3-5-11)13(17)19-10-15(14,18)9-12/h1-5,18H,6-10H2/t14-,15+/m1/s1. The molecule has 1 heterocycles. The van der Waals surface area contributed by atoms with Crippen LogP contribution in [0.1, 0.15) is 24.8 Å². The van der Waals surface area contributed by atoms with Crippen molar-refractivity contribution in [3.05, 3.63) is 35.9 Å². The van der Waals surface area contributed by atoms with Gasteiger partial charge in [0.15, 0.2) is 0 Å². The summed E-state index contributed by atoms with van der Waals surface area (Å²) < 4.78 is 5.09. The Labute approximate surface area is 111 Å². The molecule has 100 valence electrons. The predicted octanol–water partition coefficient (Wildman–Crippen LogP) is 1.26. The molecule has 1 saturated heterocycles. The van der Waals surface area contributed by atoms with Crippen LogP contribution in [0.25, 0.3) is 0 Å². The lowest BCUT2D eigenvalue weighted by Crippen LogP contribution is -2.54. The number of carbonyl (C=O) groups is 2. The Hall–Kier alpha value is -1.68. The number of fused-ring (bicyclic) bond motifs is 1. The summed E-state index contributed by atoms with van der Waals surface area (Å²) in [6.07, 6.45) is 1.16. The van der Waals surface area contributed by atoms with Crippen molar-refractivity contribution < 1.29 is 19.4 Å². The van der Waals surface area contributed by atoms with Gasteiger partial charge in [-0.3, -0.25) is 9.59 Å². The Morgan fingerprint density at radius 1 is 1.21 bits per heavy atom. The fourth-order valence-electron chi connectivity index (χ4n) is 3.24. The van der Waals surface area contributed by atoms with Crippen molar-refractivity contribution in [3.8, 4) is 0 Å². The van der Waals surface area contributed by atoms with E-state index in [2.05, 4.69) is 0 Å². The molecule has 1 aromatic rings. The zero-order valence-electron chi connectivity index (χ0n) is 10.6. The van der Waals surface area contributed by atoms with Gasteiger partial charge in [-0.25, -0.2) is 0 Å². The molecule has 4 nitrogen and oxygen atoms in total. The van der Waals surface area contributed by atoms with Gasteiger partial charge in [0.1, 0.15) is 23.4 Å². The van der Waals surface area contributed by atoms with E-state index in [4.69, 9.17) is 4.74 Å². The predicted molar refractivity (Wildman–Crippen MR) is 67.3 cm³/mol. The summed E-state index contributed by atoms with van der Waals surface area (Å²) in [6, 6.07) is 9.57. The van der Waals surface area contributed by atoms with Crippen LogP contribution in [0, 0.1) is 5.41 Å². The van der Waals surface area contributed by atoms with Crippen LogP contribution in [0.4, 0.5) is 0 Å². The minimum absolute atomic E-state index is 0.00415. The largest absolute Gasteiger partial charge is 0.462 e. The Morgan fingerprint density at radius 2 is 1.95 bits per heavy atom. The minimum Gasteiger partial charge on any atom is -0.462 e. The number of aliphatic hydroxyl groups is 1. The molecule has 1 aliphatic carbocycles. The highest BCUT2D eigenvalue weighted by Gasteiger charge is 2.64. The quantitative estimate of drug-likeness (QED) is 0.813. The first-order chi connectivity index (χ1) is 9.06. The van der Waals surface area contributed by atoms with E-state index in [9.17, 15) is 14.7 Å². The molecule has 3 rings (SSSR count). The number of rotatable bonds is 2. The van der Waals surface area contributed by atoms with Gasteiger partial charge < -0.3 is 9.84 Å². The lowest BCUT2D eigenvalue weighted by molar-refractivity contribution is -0.154. The second kappa shape index (κ2) is 4.17. The van der Waals surface area contributed by atoms with Crippen molar-refractivity contribution in [2.75, 3.05) is 6.61 Å². The molecule has 0 radical (unpaired) electrons. The highest BCUT2D eigenvalue weighted by atomic mass is 16.6. The summed E-state index contributed by atoms with van der Waals surface area (Å²) in [5.41, 5.74) is -1.31. The third kappa shape index (κ3) is 1.78. The SMILES string of the molecule is O=C1CC[C@@]2(Cc3ccccc3)C(=O)OC[C@@]2(O)C1. The number of ether oxygens (including phenoxy) is 1. The molecular formula is C15H16O4. The fraction of sp³-hybridized carbons (Fsp3) is 0.467. The number of ketones is 1. The van der Waals surface area contributed by atoms with Crippen LogP contribution in [0.15, 0.2) is 30.3 Å². The first-order valence-corrected chi connectivity index (χ1v) is 6.51. The van der Waals surface area contributed by atoms with Crippen LogP contribution in [0.5, 0.6) is 0 Å². The van der Waals surface area contributed by atoms with Gasteiger partial charge in [-0.05, 0) is 18.4 Å². The van der Waals surface area contributed by atoms with E-state index in [1.54, 1.807) is 0 Å². The molecule has 0 unspecified atom stereocenters. The average molecular weight is 260 g/mol. The van der Waals surface area contributed by atoms with Crippen molar-refractivity contribution in [3.63, 3.8) is 0 Å². The van der Waals surface area contributed by atoms with Crippen LogP contribution in [0.2, 0.25) is 0 Å². The average Bonchev–Trinajstić information content (AvgIpc) is 2.64. The van der Waals surface area contributed by atoms with Crippen LogP contribution >= 0.6 is 0 Å². The second-order valence-corrected chi connectivity index (χ2v) is 5.57. The number of carbonyl (C=O) groups excluding carboxylic acids is 2. The van der Waals surface area contributed by atoms with Crippen LogP contribution in [-0.4, -0.2) is 29.1 Å². The Bertz CT molecular complexity index is 524. The maximum absolute atomic E-state index is 12.2. The Kier molecular flexibility index (Phi) is 2.71. The first-order valence-electron chi connectivity index (χ1n) is 6.51. The monoisotopic (exact) mass is 260 g/mol. The lowest BCUT2D eigenvalue weighted by Gasteiger charge is -2.41. The number of esters is 1. The van der Waals surface area contributed by atoms with Gasteiger partial charge in [0.25, 0.3) is 0 Å². The maximum Gasteiger partial charge on any atom is 0.315 e. The van der Waals surface area contributed by atoms with Gasteiger partial charge in [-0.1, -0.05) is 30.3 Å². The molecule has 0 amide bonds. The van der Waals surface area contributed by atoms with Crippen LogP contribution < -0.4 is 0 Å². The highest BCUT2D eigenvalue weighted by Crippen LogP contribution is 2.50. The molecular weight excluding hydrogens is 244 g/mol. The molecule has 0 bridgehead atoms. The third-order valence-corrected chi connectivity index (χ3v) is 4.39. The highest BCUT2D eigenvalue weighted by molar-refractivity contribution is 5.89. The number of benzene rings is 1. The second-order valence-electron chi connectivity index (χ2n) is 5.57. The van der Waals surface area contributed by atoms with E-state index < -0.39 is 11.0 Å². The van der Waals surface area contributed by atoms with E-state index in [0.717, 1.165) is 5.56 Å². The number of hydrogen-bond acceptors (Lipinski definition) is 4. The molecule has 4 heteroatoms. The molecule has 19 heavy (non-hydrogen) atoms. The van der Waals surface area contributed by atoms with Crippen molar-refractivity contribution in [1.29, 1.82) is 0 Å². The topological polar surface area (TPSA) is 63.6 Å². The maximum atomic E-state index is 12.2. The zero-order valence-corrected chi connectivity index (χ0v) is 10.6. The summed E-state index contributed by atoms with van der Waals surface area (Å²) in [7, 11) is 0. The summed E-state index contributed by atoms with van der Waals surface area (Å²) in [6.45, 7) is -0.0651. The summed E-state index contributed by atoms with van der Waals surface area (Å²) in [5.74, 6) is -0.365. The smallest absolute Gasteiger partial charge is 0.315 e. The van der Waals surface area contributed by atoms with Gasteiger partial charge in [0, 0.05) is 12.8 Å². The fourth-order valence-corrected chi connectivity index (χ4v) is 3.24. The van der Waals surface area contributed by atoms with Crippen molar-refractivity contribution in [2.24, 2.45) is 5.41 Å². The molecule has 2 fully saturated rings.